The van der Waals surface area contributed by atoms with Gasteiger partial charge in [-0.2, -0.15) is 5.10 Å². The van der Waals surface area contributed by atoms with E-state index in [2.05, 4.69) is 34.1 Å². The zero-order valence-corrected chi connectivity index (χ0v) is 12.3. The summed E-state index contributed by atoms with van der Waals surface area (Å²) in [6, 6.07) is 5.93. The predicted octanol–water partition coefficient (Wildman–Crippen LogP) is 2.23. The minimum absolute atomic E-state index is 0.725. The largest absolute Gasteiger partial charge is 0.377 e. The van der Waals surface area contributed by atoms with E-state index in [1.165, 1.54) is 0 Å². The van der Waals surface area contributed by atoms with Crippen LogP contribution in [0.4, 0.5) is 5.69 Å². The minimum Gasteiger partial charge on any atom is -0.377 e. The Kier molecular flexibility index (Phi) is 5.55. The van der Waals surface area contributed by atoms with Crippen LogP contribution in [0.5, 0.6) is 0 Å². The zero-order chi connectivity index (χ0) is 14.2. The van der Waals surface area contributed by atoms with Crippen molar-refractivity contribution in [2.45, 2.75) is 26.9 Å². The normalized spacial score (nSPS) is 10.9. The number of anilines is 1. The second-order valence-corrected chi connectivity index (χ2v) is 4.69. The van der Waals surface area contributed by atoms with Gasteiger partial charge in [0.2, 0.25) is 0 Å². The van der Waals surface area contributed by atoms with E-state index < -0.39 is 0 Å². The van der Waals surface area contributed by atoms with Crippen molar-refractivity contribution in [3.8, 4) is 0 Å². The number of pyridine rings is 1. The van der Waals surface area contributed by atoms with Gasteiger partial charge in [0.25, 0.3) is 0 Å². The fourth-order valence-corrected chi connectivity index (χ4v) is 2.06. The maximum atomic E-state index is 4.38. The number of likely N-dealkylation sites (N-methyl/N-ethyl adjacent to an activating group) is 1. The lowest BCUT2D eigenvalue weighted by molar-refractivity contribution is 0.285. The average Bonchev–Trinajstić information content (AvgIpc) is 2.95. The first kappa shape index (κ1) is 14.5. The summed E-state index contributed by atoms with van der Waals surface area (Å²) >= 11 is 0. The smallest absolute Gasteiger partial charge is 0.0729 e. The lowest BCUT2D eigenvalue weighted by Crippen LogP contribution is -2.27. The van der Waals surface area contributed by atoms with Crippen LogP contribution < -0.4 is 5.32 Å². The van der Waals surface area contributed by atoms with Gasteiger partial charge in [-0.25, -0.2) is 0 Å². The Balaban J connectivity index is 1.80. The van der Waals surface area contributed by atoms with Crippen molar-refractivity contribution < 1.29 is 0 Å². The fraction of sp³-hybridized carbons (Fsp3) is 0.467. The van der Waals surface area contributed by atoms with Gasteiger partial charge in [-0.3, -0.25) is 9.67 Å². The fourth-order valence-electron chi connectivity index (χ4n) is 2.06. The Hall–Kier alpha value is -1.88. The number of hydrogen-bond acceptors (Lipinski definition) is 4. The third-order valence-corrected chi connectivity index (χ3v) is 3.37. The molecule has 0 unspecified atom stereocenters. The number of aromatic nitrogens is 3. The van der Waals surface area contributed by atoms with Crippen LogP contribution in [-0.2, 0) is 13.1 Å². The van der Waals surface area contributed by atoms with Gasteiger partial charge in [0.05, 0.1) is 30.7 Å². The molecule has 0 aromatic carbocycles. The van der Waals surface area contributed by atoms with E-state index >= 15 is 0 Å². The standard InChI is InChI=1S/C15H23N5/c1-3-19(4-2)9-10-20-13-15(12-18-20)17-11-14-7-5-6-8-16-14/h5-8,12-13,17H,3-4,9-11H2,1-2H3. The highest BCUT2D eigenvalue weighted by atomic mass is 15.3. The van der Waals surface area contributed by atoms with Crippen LogP contribution in [0.3, 0.4) is 0 Å². The third kappa shape index (κ3) is 4.35. The lowest BCUT2D eigenvalue weighted by Gasteiger charge is -2.17. The molecule has 0 bridgehead atoms. The van der Waals surface area contributed by atoms with Crippen molar-refractivity contribution in [1.29, 1.82) is 0 Å². The van der Waals surface area contributed by atoms with Crippen LogP contribution in [0.1, 0.15) is 19.5 Å². The molecule has 0 saturated carbocycles. The summed E-state index contributed by atoms with van der Waals surface area (Å²) in [6.07, 6.45) is 5.72. The van der Waals surface area contributed by atoms with Crippen molar-refractivity contribution in [2.75, 3.05) is 25.0 Å². The molecular formula is C15H23N5. The first-order chi connectivity index (χ1) is 9.81. The van der Waals surface area contributed by atoms with Crippen LogP contribution in [-0.4, -0.2) is 39.3 Å². The van der Waals surface area contributed by atoms with Gasteiger partial charge >= 0.3 is 0 Å². The van der Waals surface area contributed by atoms with Gasteiger partial charge in [-0.15, -0.1) is 0 Å². The molecule has 5 heteroatoms. The highest BCUT2D eigenvalue weighted by Crippen LogP contribution is 2.07. The van der Waals surface area contributed by atoms with E-state index in [0.717, 1.165) is 44.1 Å². The molecule has 0 amide bonds. The Bertz CT molecular complexity index is 490. The van der Waals surface area contributed by atoms with Crippen LogP contribution in [0.25, 0.3) is 0 Å². The molecule has 0 aliphatic heterocycles. The molecule has 0 spiro atoms. The van der Waals surface area contributed by atoms with Gasteiger partial charge in [0.1, 0.15) is 0 Å². The SMILES string of the molecule is CCN(CC)CCn1cc(NCc2ccccn2)cn1. The molecule has 20 heavy (non-hydrogen) atoms. The van der Waals surface area contributed by atoms with Crippen LogP contribution in [0.15, 0.2) is 36.8 Å². The summed E-state index contributed by atoms with van der Waals surface area (Å²) < 4.78 is 1.99. The van der Waals surface area contributed by atoms with Gasteiger partial charge in [0.15, 0.2) is 0 Å². The maximum absolute atomic E-state index is 4.38. The van der Waals surface area contributed by atoms with E-state index in [0.29, 0.717) is 0 Å². The number of nitrogens with zero attached hydrogens (tertiary/aromatic N) is 4. The Morgan fingerprint density at radius 3 is 2.80 bits per heavy atom. The molecule has 0 radical (unpaired) electrons. The molecule has 2 aromatic rings. The molecule has 1 N–H and O–H groups in total. The van der Waals surface area contributed by atoms with Crippen LogP contribution in [0.2, 0.25) is 0 Å². The highest BCUT2D eigenvalue weighted by molar-refractivity contribution is 5.38. The Morgan fingerprint density at radius 1 is 1.25 bits per heavy atom. The molecule has 2 heterocycles. The van der Waals surface area contributed by atoms with E-state index in [4.69, 9.17) is 0 Å². The van der Waals surface area contributed by atoms with Crippen molar-refractivity contribution >= 4 is 5.69 Å². The summed E-state index contributed by atoms with van der Waals surface area (Å²) in [4.78, 5) is 6.68. The molecule has 0 aliphatic carbocycles. The topological polar surface area (TPSA) is 46.0 Å². The summed E-state index contributed by atoms with van der Waals surface area (Å²) in [5, 5.41) is 7.71. The highest BCUT2D eigenvalue weighted by Gasteiger charge is 2.02. The van der Waals surface area contributed by atoms with Crippen LogP contribution in [0, 0.1) is 0 Å². The molecule has 0 fully saturated rings. The van der Waals surface area contributed by atoms with Gasteiger partial charge < -0.3 is 10.2 Å². The van der Waals surface area contributed by atoms with E-state index in [1.54, 1.807) is 0 Å². The lowest BCUT2D eigenvalue weighted by atomic mass is 10.3. The molecular weight excluding hydrogens is 250 g/mol. The average molecular weight is 273 g/mol. The Morgan fingerprint density at radius 2 is 2.10 bits per heavy atom. The summed E-state index contributed by atoms with van der Waals surface area (Å²) in [6.45, 7) is 9.23. The van der Waals surface area contributed by atoms with Crippen molar-refractivity contribution in [3.05, 3.63) is 42.5 Å². The van der Waals surface area contributed by atoms with E-state index in [9.17, 15) is 0 Å². The molecule has 0 atom stereocenters. The molecule has 5 nitrogen and oxygen atoms in total. The second kappa shape index (κ2) is 7.65. The van der Waals surface area contributed by atoms with Crippen molar-refractivity contribution in [2.24, 2.45) is 0 Å². The zero-order valence-electron chi connectivity index (χ0n) is 12.3. The van der Waals surface area contributed by atoms with Crippen molar-refractivity contribution in [3.63, 3.8) is 0 Å². The monoisotopic (exact) mass is 273 g/mol. The van der Waals surface area contributed by atoms with Crippen LogP contribution >= 0.6 is 0 Å². The molecule has 2 aromatic heterocycles. The first-order valence-electron chi connectivity index (χ1n) is 7.20. The quantitative estimate of drug-likeness (QED) is 0.801. The molecule has 2 rings (SSSR count). The van der Waals surface area contributed by atoms with Gasteiger partial charge in [-0.1, -0.05) is 19.9 Å². The molecule has 0 saturated heterocycles. The first-order valence-corrected chi connectivity index (χ1v) is 7.20. The number of nitrogens with one attached hydrogen (secondary N) is 1. The van der Waals surface area contributed by atoms with Gasteiger partial charge in [-0.05, 0) is 25.2 Å². The predicted molar refractivity (Wildman–Crippen MR) is 81.6 cm³/mol. The van der Waals surface area contributed by atoms with E-state index in [-0.39, 0.29) is 0 Å². The minimum atomic E-state index is 0.725. The third-order valence-electron chi connectivity index (χ3n) is 3.37. The van der Waals surface area contributed by atoms with Crippen molar-refractivity contribution in [1.82, 2.24) is 19.7 Å². The summed E-state index contributed by atoms with van der Waals surface area (Å²) in [5.41, 5.74) is 2.07. The number of rotatable bonds is 8. The molecule has 0 aliphatic rings. The molecule has 108 valence electrons. The number of hydrogen-bond donors (Lipinski definition) is 1. The maximum Gasteiger partial charge on any atom is 0.0729 e. The second-order valence-electron chi connectivity index (χ2n) is 4.69. The Labute approximate surface area is 120 Å². The summed E-state index contributed by atoms with van der Waals surface area (Å²) in [7, 11) is 0. The van der Waals surface area contributed by atoms with E-state index in [1.807, 2.05) is 41.5 Å². The van der Waals surface area contributed by atoms with Gasteiger partial charge in [0, 0.05) is 18.9 Å². The summed E-state index contributed by atoms with van der Waals surface area (Å²) in [5.74, 6) is 0.